The standard InChI is InChI=1S/C28H36N2O3/c1-3-24-27(22-13-14-25(31-2)26(19-22)32-23-11-7-8-12-23)29-33-28(24)15-17-30(18-16-28)20-21-9-5-4-6-10-21/h4-6,9-10,13-14,19,23,29H,3,7-8,11-12,15-18,20H2,1-2H3. The van der Waals surface area contributed by atoms with Crippen LogP contribution in [0.1, 0.15) is 63.0 Å². The molecule has 33 heavy (non-hydrogen) atoms. The molecule has 1 N–H and O–H groups in total. The zero-order chi connectivity index (χ0) is 22.7. The number of nitrogens with one attached hydrogen (secondary N) is 1. The van der Waals surface area contributed by atoms with E-state index in [2.05, 4.69) is 59.8 Å². The van der Waals surface area contributed by atoms with E-state index < -0.39 is 0 Å². The molecule has 3 aliphatic rings. The molecular weight excluding hydrogens is 412 g/mol. The Hall–Kier alpha value is -2.50. The van der Waals surface area contributed by atoms with Crippen molar-refractivity contribution in [2.75, 3.05) is 20.2 Å². The van der Waals surface area contributed by atoms with Crippen molar-refractivity contribution in [2.45, 2.75) is 70.1 Å². The van der Waals surface area contributed by atoms with Crippen LogP contribution >= 0.6 is 0 Å². The van der Waals surface area contributed by atoms with Crippen LogP contribution in [-0.4, -0.2) is 36.8 Å². The Bertz CT molecular complexity index is 974. The molecule has 0 bridgehead atoms. The lowest BCUT2D eigenvalue weighted by molar-refractivity contribution is -0.0771. The predicted molar refractivity (Wildman–Crippen MR) is 131 cm³/mol. The fourth-order valence-corrected chi connectivity index (χ4v) is 5.66. The third-order valence-electron chi connectivity index (χ3n) is 7.51. The SMILES string of the molecule is CCC1=C(c2ccc(OC)c(OC3CCCC3)c2)NOC12CCN(Cc1ccccc1)CC2. The minimum Gasteiger partial charge on any atom is -0.493 e. The van der Waals surface area contributed by atoms with Gasteiger partial charge in [-0.3, -0.25) is 15.2 Å². The third-order valence-corrected chi connectivity index (χ3v) is 7.51. The van der Waals surface area contributed by atoms with Gasteiger partial charge in [0.25, 0.3) is 0 Å². The first-order chi connectivity index (χ1) is 16.2. The summed E-state index contributed by atoms with van der Waals surface area (Å²) in [6.07, 6.45) is 8.00. The van der Waals surface area contributed by atoms with Gasteiger partial charge in [0.2, 0.25) is 0 Å². The Morgan fingerprint density at radius 3 is 2.48 bits per heavy atom. The van der Waals surface area contributed by atoms with Crippen molar-refractivity contribution < 1.29 is 14.3 Å². The summed E-state index contributed by atoms with van der Waals surface area (Å²) in [5.74, 6) is 1.64. The van der Waals surface area contributed by atoms with E-state index >= 15 is 0 Å². The number of ether oxygens (including phenoxy) is 2. The fraction of sp³-hybridized carbons (Fsp3) is 0.500. The lowest BCUT2D eigenvalue weighted by Gasteiger charge is -2.39. The van der Waals surface area contributed by atoms with Crippen molar-refractivity contribution in [3.8, 4) is 11.5 Å². The summed E-state index contributed by atoms with van der Waals surface area (Å²) in [5.41, 5.74) is 8.07. The van der Waals surface area contributed by atoms with Crippen LogP contribution in [0.2, 0.25) is 0 Å². The first kappa shape index (κ1) is 22.3. The van der Waals surface area contributed by atoms with Crippen LogP contribution in [-0.2, 0) is 11.4 Å². The number of piperidine rings is 1. The molecule has 1 aliphatic carbocycles. The van der Waals surface area contributed by atoms with Gasteiger partial charge >= 0.3 is 0 Å². The van der Waals surface area contributed by atoms with Crippen molar-refractivity contribution in [1.82, 2.24) is 10.4 Å². The summed E-state index contributed by atoms with van der Waals surface area (Å²) in [5, 5.41) is 0. The number of hydrogen-bond donors (Lipinski definition) is 1. The highest BCUT2D eigenvalue weighted by Gasteiger charge is 2.44. The molecule has 2 fully saturated rings. The highest BCUT2D eigenvalue weighted by molar-refractivity contribution is 5.72. The topological polar surface area (TPSA) is 43.0 Å². The maximum absolute atomic E-state index is 6.36. The van der Waals surface area contributed by atoms with Crippen molar-refractivity contribution >= 4 is 5.70 Å². The second-order valence-electron chi connectivity index (χ2n) is 9.56. The predicted octanol–water partition coefficient (Wildman–Crippen LogP) is 5.71. The van der Waals surface area contributed by atoms with Crippen LogP contribution in [0.15, 0.2) is 54.1 Å². The molecule has 0 radical (unpaired) electrons. The van der Waals surface area contributed by atoms with E-state index in [0.717, 1.165) is 74.5 Å². The molecule has 2 aromatic rings. The van der Waals surface area contributed by atoms with E-state index in [1.165, 1.54) is 24.0 Å². The lowest BCUT2D eigenvalue weighted by atomic mass is 9.81. The number of hydroxylamine groups is 1. The summed E-state index contributed by atoms with van der Waals surface area (Å²) in [6, 6.07) is 17.0. The second-order valence-corrected chi connectivity index (χ2v) is 9.56. The Kier molecular flexibility index (Phi) is 6.61. The average molecular weight is 449 g/mol. The molecule has 2 aliphatic heterocycles. The number of likely N-dealkylation sites (tertiary alicyclic amines) is 1. The highest BCUT2D eigenvalue weighted by atomic mass is 16.7. The number of hydrogen-bond acceptors (Lipinski definition) is 5. The fourth-order valence-electron chi connectivity index (χ4n) is 5.66. The van der Waals surface area contributed by atoms with E-state index in [-0.39, 0.29) is 5.60 Å². The van der Waals surface area contributed by atoms with Crippen molar-refractivity contribution in [1.29, 1.82) is 0 Å². The summed E-state index contributed by atoms with van der Waals surface area (Å²) in [4.78, 5) is 8.90. The van der Waals surface area contributed by atoms with Crippen LogP contribution in [0.3, 0.4) is 0 Å². The molecule has 5 heteroatoms. The first-order valence-electron chi connectivity index (χ1n) is 12.5. The molecule has 5 rings (SSSR count). The largest absolute Gasteiger partial charge is 0.493 e. The number of methoxy groups -OCH3 is 1. The molecule has 0 aromatic heterocycles. The van der Waals surface area contributed by atoms with Gasteiger partial charge in [0.1, 0.15) is 5.60 Å². The van der Waals surface area contributed by atoms with Gasteiger partial charge in [0.05, 0.1) is 18.9 Å². The lowest BCUT2D eigenvalue weighted by Crippen LogP contribution is -2.46. The molecule has 0 amide bonds. The number of rotatable bonds is 7. The van der Waals surface area contributed by atoms with Crippen molar-refractivity contribution in [2.24, 2.45) is 0 Å². The zero-order valence-electron chi connectivity index (χ0n) is 19.9. The summed E-state index contributed by atoms with van der Waals surface area (Å²) in [7, 11) is 1.71. The monoisotopic (exact) mass is 448 g/mol. The Labute approximate surface area is 197 Å². The normalized spacial score (nSPS) is 20.9. The molecule has 2 aromatic carbocycles. The summed E-state index contributed by atoms with van der Waals surface area (Å²) >= 11 is 0. The molecule has 1 spiro atoms. The van der Waals surface area contributed by atoms with Crippen molar-refractivity contribution in [3.63, 3.8) is 0 Å². The van der Waals surface area contributed by atoms with Crippen molar-refractivity contribution in [3.05, 3.63) is 65.2 Å². The van der Waals surface area contributed by atoms with Gasteiger partial charge in [-0.15, -0.1) is 0 Å². The van der Waals surface area contributed by atoms with Crippen LogP contribution in [0.25, 0.3) is 5.70 Å². The van der Waals surface area contributed by atoms with Crippen LogP contribution in [0.5, 0.6) is 11.5 Å². The molecule has 0 unspecified atom stereocenters. The Morgan fingerprint density at radius 2 is 1.79 bits per heavy atom. The summed E-state index contributed by atoms with van der Waals surface area (Å²) < 4.78 is 11.9. The van der Waals surface area contributed by atoms with E-state index in [4.69, 9.17) is 14.3 Å². The average Bonchev–Trinajstić information content (AvgIpc) is 3.49. The molecule has 5 nitrogen and oxygen atoms in total. The van der Waals surface area contributed by atoms with Gasteiger partial charge < -0.3 is 9.47 Å². The molecule has 176 valence electrons. The molecule has 1 saturated heterocycles. The highest BCUT2D eigenvalue weighted by Crippen LogP contribution is 2.44. The van der Waals surface area contributed by atoms with E-state index in [9.17, 15) is 0 Å². The molecule has 1 saturated carbocycles. The third kappa shape index (κ3) is 4.62. The minimum atomic E-state index is -0.219. The minimum absolute atomic E-state index is 0.219. The van der Waals surface area contributed by atoms with Crippen LogP contribution in [0, 0.1) is 0 Å². The van der Waals surface area contributed by atoms with E-state index in [0.29, 0.717) is 6.10 Å². The Balaban J connectivity index is 1.34. The zero-order valence-corrected chi connectivity index (χ0v) is 19.9. The Morgan fingerprint density at radius 1 is 1.03 bits per heavy atom. The van der Waals surface area contributed by atoms with Gasteiger partial charge in [-0.25, -0.2) is 0 Å². The van der Waals surface area contributed by atoms with Crippen LogP contribution < -0.4 is 15.0 Å². The smallest absolute Gasteiger partial charge is 0.162 e. The van der Waals surface area contributed by atoms with Gasteiger partial charge in [0.15, 0.2) is 11.5 Å². The first-order valence-corrected chi connectivity index (χ1v) is 12.5. The van der Waals surface area contributed by atoms with Gasteiger partial charge in [-0.1, -0.05) is 37.3 Å². The summed E-state index contributed by atoms with van der Waals surface area (Å²) in [6.45, 7) is 5.31. The number of benzene rings is 2. The quantitative estimate of drug-likeness (QED) is 0.588. The molecule has 0 atom stereocenters. The van der Waals surface area contributed by atoms with Gasteiger partial charge in [-0.05, 0) is 74.3 Å². The maximum Gasteiger partial charge on any atom is 0.162 e. The van der Waals surface area contributed by atoms with Gasteiger partial charge in [0, 0.05) is 25.2 Å². The van der Waals surface area contributed by atoms with E-state index in [1.807, 2.05) is 6.07 Å². The molecule has 2 heterocycles. The number of nitrogens with zero attached hydrogens (tertiary/aromatic N) is 1. The van der Waals surface area contributed by atoms with Gasteiger partial charge in [-0.2, -0.15) is 0 Å². The maximum atomic E-state index is 6.36. The van der Waals surface area contributed by atoms with Crippen LogP contribution in [0.4, 0.5) is 0 Å². The molecular formula is C28H36N2O3. The van der Waals surface area contributed by atoms with E-state index in [1.54, 1.807) is 7.11 Å². The second kappa shape index (κ2) is 9.78.